The van der Waals surface area contributed by atoms with Crippen molar-refractivity contribution in [3.63, 3.8) is 0 Å². The van der Waals surface area contributed by atoms with Gasteiger partial charge in [0.05, 0.1) is 18.4 Å². The Labute approximate surface area is 70.9 Å². The molecule has 0 unspecified atom stereocenters. The van der Waals surface area contributed by atoms with Crippen LogP contribution in [0.2, 0.25) is 0 Å². The van der Waals surface area contributed by atoms with E-state index in [9.17, 15) is 9.70 Å². The number of rotatable bonds is 4. The molecule has 0 saturated heterocycles. The predicted molar refractivity (Wildman–Crippen MR) is 40.7 cm³/mol. The normalized spacial score (nSPS) is 10.9. The molecule has 1 N–H and O–H groups in total. The highest BCUT2D eigenvalue weighted by Gasteiger charge is 2.36. The van der Waals surface area contributed by atoms with E-state index in [0.29, 0.717) is 0 Å². The third-order valence-corrected chi connectivity index (χ3v) is 1.69. The zero-order valence-electron chi connectivity index (χ0n) is 7.53. The molecule has 0 aliphatic heterocycles. The number of ether oxygens (including phenoxy) is 1. The van der Waals surface area contributed by atoms with Crippen molar-refractivity contribution in [2.24, 2.45) is 0 Å². The smallest absolute Gasteiger partial charge is 0.305 e. The number of methoxy groups -OCH3 is 1. The molecule has 0 aliphatic rings. The van der Waals surface area contributed by atoms with Crippen molar-refractivity contribution in [1.29, 1.82) is 0 Å². The first-order valence-corrected chi connectivity index (χ1v) is 3.63. The van der Waals surface area contributed by atoms with E-state index in [4.69, 9.17) is 5.21 Å². The standard InChI is InChI=1S/C7H14NO4/c1-7(2,8(10)11)5-4-6(9)12-3/h4-5H2,1-3H3,(H,10,11)/q+1. The van der Waals surface area contributed by atoms with Crippen molar-refractivity contribution in [3.05, 3.63) is 4.91 Å². The summed E-state index contributed by atoms with van der Waals surface area (Å²) in [7, 11) is 1.28. The van der Waals surface area contributed by atoms with Crippen molar-refractivity contribution in [3.8, 4) is 0 Å². The van der Waals surface area contributed by atoms with Gasteiger partial charge in [0, 0.05) is 20.3 Å². The minimum absolute atomic E-state index is 0.128. The summed E-state index contributed by atoms with van der Waals surface area (Å²) in [5.74, 6) is -0.384. The van der Waals surface area contributed by atoms with Gasteiger partial charge in [0.2, 0.25) is 4.92 Å². The van der Waals surface area contributed by atoms with Gasteiger partial charge < -0.3 is 4.74 Å². The summed E-state index contributed by atoms with van der Waals surface area (Å²) in [5, 5.41) is 8.59. The van der Waals surface area contributed by atoms with Crippen molar-refractivity contribution in [2.75, 3.05) is 7.11 Å². The molecular weight excluding hydrogens is 162 g/mol. The number of esters is 1. The van der Waals surface area contributed by atoms with Crippen LogP contribution in [0.15, 0.2) is 0 Å². The fraction of sp³-hybridized carbons (Fsp3) is 0.857. The van der Waals surface area contributed by atoms with Crippen molar-refractivity contribution in [1.82, 2.24) is 0 Å². The van der Waals surface area contributed by atoms with Crippen LogP contribution in [-0.4, -0.2) is 28.7 Å². The Morgan fingerprint density at radius 3 is 2.42 bits per heavy atom. The van der Waals surface area contributed by atoms with Crippen LogP contribution in [-0.2, 0) is 9.53 Å². The predicted octanol–water partition coefficient (Wildman–Crippen LogP) is 0.886. The van der Waals surface area contributed by atoms with Gasteiger partial charge in [-0.2, -0.15) is 0 Å². The average Bonchev–Trinajstić information content (AvgIpc) is 2.00. The molecule has 0 aliphatic carbocycles. The SMILES string of the molecule is COC(=O)CCC(C)(C)[N+](=O)O. The maximum absolute atomic E-state index is 10.7. The Kier molecular flexibility index (Phi) is 3.66. The molecule has 0 bridgehead atoms. The second-order valence-electron chi connectivity index (χ2n) is 3.16. The minimum Gasteiger partial charge on any atom is -0.469 e. The van der Waals surface area contributed by atoms with Crippen molar-refractivity contribution >= 4 is 5.97 Å². The van der Waals surface area contributed by atoms with Crippen LogP contribution >= 0.6 is 0 Å². The summed E-state index contributed by atoms with van der Waals surface area (Å²) in [6.45, 7) is 3.09. The average molecular weight is 176 g/mol. The molecule has 12 heavy (non-hydrogen) atoms. The third kappa shape index (κ3) is 3.32. The molecule has 0 saturated carbocycles. The summed E-state index contributed by atoms with van der Waals surface area (Å²) in [5.41, 5.74) is -0.936. The van der Waals surface area contributed by atoms with E-state index < -0.39 is 5.54 Å². The molecular formula is C7H14NO4+. The third-order valence-electron chi connectivity index (χ3n) is 1.69. The Balaban J connectivity index is 3.92. The number of hydrogen-bond donors (Lipinski definition) is 1. The van der Waals surface area contributed by atoms with E-state index in [1.165, 1.54) is 7.11 Å². The summed E-state index contributed by atoms with van der Waals surface area (Å²) in [4.78, 5) is 21.0. The molecule has 0 aromatic carbocycles. The highest BCUT2D eigenvalue weighted by molar-refractivity contribution is 5.69. The van der Waals surface area contributed by atoms with Crippen LogP contribution in [0.1, 0.15) is 26.7 Å². The maximum Gasteiger partial charge on any atom is 0.305 e. The molecule has 0 rings (SSSR count). The molecule has 0 aromatic rings. The lowest BCUT2D eigenvalue weighted by atomic mass is 10.00. The quantitative estimate of drug-likeness (QED) is 0.510. The summed E-state index contributed by atoms with van der Waals surface area (Å²) < 4.78 is 4.38. The molecule has 5 heteroatoms. The van der Waals surface area contributed by atoms with Crippen LogP contribution in [0.4, 0.5) is 0 Å². The molecule has 0 aromatic heterocycles. The molecule has 0 heterocycles. The van der Waals surface area contributed by atoms with Gasteiger partial charge in [0.25, 0.3) is 5.54 Å². The molecule has 70 valence electrons. The van der Waals surface area contributed by atoms with E-state index in [-0.39, 0.29) is 23.7 Å². The van der Waals surface area contributed by atoms with Crippen LogP contribution in [0, 0.1) is 4.91 Å². The number of nitrogens with zero attached hydrogens (tertiary/aromatic N) is 1. The first kappa shape index (κ1) is 10.9. The van der Waals surface area contributed by atoms with Gasteiger partial charge in [-0.15, -0.1) is 0 Å². The minimum atomic E-state index is -0.936. The summed E-state index contributed by atoms with van der Waals surface area (Å²) in [6, 6.07) is 0. The van der Waals surface area contributed by atoms with Gasteiger partial charge in [-0.1, -0.05) is 0 Å². The van der Waals surface area contributed by atoms with Gasteiger partial charge in [0.15, 0.2) is 0 Å². The molecule has 5 nitrogen and oxygen atoms in total. The van der Waals surface area contributed by atoms with Gasteiger partial charge in [-0.05, 0) is 0 Å². The van der Waals surface area contributed by atoms with Crippen molar-refractivity contribution in [2.45, 2.75) is 32.2 Å². The summed E-state index contributed by atoms with van der Waals surface area (Å²) >= 11 is 0. The Morgan fingerprint density at radius 1 is 1.58 bits per heavy atom. The lowest BCUT2D eigenvalue weighted by molar-refractivity contribution is -0.838. The van der Waals surface area contributed by atoms with Crippen LogP contribution in [0.25, 0.3) is 0 Å². The number of carbonyl (C=O) groups is 1. The van der Waals surface area contributed by atoms with Gasteiger partial charge >= 0.3 is 5.97 Å². The Hall–Kier alpha value is -1.13. The fourth-order valence-corrected chi connectivity index (χ4v) is 0.606. The number of carbonyl (C=O) groups excluding carboxylic acids is 1. The van der Waals surface area contributed by atoms with Crippen LogP contribution < -0.4 is 0 Å². The highest BCUT2D eigenvalue weighted by atomic mass is 16.6. The topological polar surface area (TPSA) is 66.6 Å². The second kappa shape index (κ2) is 4.04. The van der Waals surface area contributed by atoms with Gasteiger partial charge in [0.1, 0.15) is 0 Å². The maximum atomic E-state index is 10.7. The molecule has 0 fully saturated rings. The van der Waals surface area contributed by atoms with E-state index in [1.54, 1.807) is 13.8 Å². The Bertz CT molecular complexity index is 188. The van der Waals surface area contributed by atoms with Crippen LogP contribution in [0.3, 0.4) is 0 Å². The molecule has 0 spiro atoms. The first-order chi connectivity index (χ1) is 5.40. The van der Waals surface area contributed by atoms with E-state index >= 15 is 0 Å². The van der Waals surface area contributed by atoms with Crippen LogP contribution in [0.5, 0.6) is 0 Å². The lowest BCUT2D eigenvalue weighted by Crippen LogP contribution is -2.33. The molecule has 0 radical (unpaired) electrons. The molecule has 0 atom stereocenters. The monoisotopic (exact) mass is 176 g/mol. The van der Waals surface area contributed by atoms with E-state index in [1.807, 2.05) is 0 Å². The first-order valence-electron chi connectivity index (χ1n) is 3.63. The zero-order valence-corrected chi connectivity index (χ0v) is 7.53. The second-order valence-corrected chi connectivity index (χ2v) is 3.16. The summed E-state index contributed by atoms with van der Waals surface area (Å²) in [6.07, 6.45) is 0.391. The van der Waals surface area contributed by atoms with E-state index in [2.05, 4.69) is 4.74 Å². The fourth-order valence-electron chi connectivity index (χ4n) is 0.606. The van der Waals surface area contributed by atoms with Gasteiger partial charge in [-0.3, -0.25) is 4.79 Å². The zero-order chi connectivity index (χ0) is 9.78. The Morgan fingerprint density at radius 2 is 2.08 bits per heavy atom. The van der Waals surface area contributed by atoms with Crippen molar-refractivity contribution < 1.29 is 19.7 Å². The lowest BCUT2D eigenvalue weighted by Gasteiger charge is -2.08. The van der Waals surface area contributed by atoms with Gasteiger partial charge in [-0.25, -0.2) is 5.21 Å². The van der Waals surface area contributed by atoms with E-state index in [0.717, 1.165) is 0 Å². The number of hydrogen-bond acceptors (Lipinski definition) is 3. The largest absolute Gasteiger partial charge is 0.469 e. The molecule has 0 amide bonds. The highest BCUT2D eigenvalue weighted by Crippen LogP contribution is 2.14.